The van der Waals surface area contributed by atoms with Crippen LogP contribution in [0.4, 0.5) is 11.4 Å². The Labute approximate surface area is 244 Å². The summed E-state index contributed by atoms with van der Waals surface area (Å²) in [5.74, 6) is 0.0355. The molecule has 1 atom stereocenters. The number of hydrogen-bond acceptors (Lipinski definition) is 9. The van der Waals surface area contributed by atoms with Crippen molar-refractivity contribution in [1.82, 2.24) is 16.0 Å². The lowest BCUT2D eigenvalue weighted by Crippen LogP contribution is -2.43. The van der Waals surface area contributed by atoms with Gasteiger partial charge in [0.2, 0.25) is 10.0 Å². The predicted molar refractivity (Wildman–Crippen MR) is 165 cm³/mol. The fraction of sp³-hybridized carbons (Fsp3) is 0.370. The number of amidine groups is 1. The second-order valence-electron chi connectivity index (χ2n) is 9.71. The van der Waals surface area contributed by atoms with Gasteiger partial charge in [-0.3, -0.25) is 14.5 Å². The number of carbonyl (C=O) groups excluding carboxylic acids is 1. The first kappa shape index (κ1) is 30.4. The maximum absolute atomic E-state index is 12.3. The SMILES string of the molecule is CN=C(NC)NC1=NC(=O)C(=Cc2ccc(N3CCC(NCC(O)c4ccc(O)c(NS(C)(=O)=O)c4)CC3)cc2)S1. The van der Waals surface area contributed by atoms with E-state index in [1.54, 1.807) is 20.2 Å². The van der Waals surface area contributed by atoms with Gasteiger partial charge in [0.15, 0.2) is 11.1 Å². The van der Waals surface area contributed by atoms with E-state index >= 15 is 0 Å². The number of carbonyl (C=O) groups is 1. The molecule has 1 unspecified atom stereocenters. The van der Waals surface area contributed by atoms with E-state index in [1.165, 1.54) is 23.9 Å². The number of phenolic OH excluding ortho intramolecular Hbond substituents is 1. The minimum Gasteiger partial charge on any atom is -0.506 e. The summed E-state index contributed by atoms with van der Waals surface area (Å²) in [6, 6.07) is 12.7. The van der Waals surface area contributed by atoms with Gasteiger partial charge in [0.05, 0.1) is 23.0 Å². The molecule has 1 amide bonds. The van der Waals surface area contributed by atoms with Crippen molar-refractivity contribution in [3.05, 3.63) is 58.5 Å². The molecule has 4 rings (SSSR count). The molecular formula is C27H35N7O5S2. The van der Waals surface area contributed by atoms with Crippen LogP contribution in [0.5, 0.6) is 5.75 Å². The van der Waals surface area contributed by atoms with Crippen molar-refractivity contribution in [2.75, 3.05) is 49.6 Å². The summed E-state index contributed by atoms with van der Waals surface area (Å²) >= 11 is 1.27. The van der Waals surface area contributed by atoms with Gasteiger partial charge in [0.1, 0.15) is 5.75 Å². The highest BCUT2D eigenvalue weighted by atomic mass is 32.2. The number of thioether (sulfide) groups is 1. The number of aliphatic imine (C=N–C) groups is 2. The first-order valence-electron chi connectivity index (χ1n) is 13.1. The van der Waals surface area contributed by atoms with Crippen molar-refractivity contribution < 1.29 is 23.4 Å². The molecule has 0 aliphatic carbocycles. The monoisotopic (exact) mass is 601 g/mol. The molecule has 2 aromatic carbocycles. The number of benzene rings is 2. The number of guanidine groups is 1. The van der Waals surface area contributed by atoms with Crippen LogP contribution in [0.15, 0.2) is 57.4 Å². The Balaban J connectivity index is 1.26. The van der Waals surface area contributed by atoms with E-state index in [2.05, 4.69) is 35.6 Å². The Hall–Kier alpha value is -3.59. The zero-order valence-corrected chi connectivity index (χ0v) is 24.7. The van der Waals surface area contributed by atoms with Gasteiger partial charge in [-0.15, -0.1) is 0 Å². The van der Waals surface area contributed by atoms with Crippen molar-refractivity contribution in [3.63, 3.8) is 0 Å². The number of nitrogens with one attached hydrogen (secondary N) is 4. The van der Waals surface area contributed by atoms with Crippen LogP contribution in [0, 0.1) is 0 Å². The lowest BCUT2D eigenvalue weighted by atomic mass is 10.0. The van der Waals surface area contributed by atoms with Crippen molar-refractivity contribution >= 4 is 56.3 Å². The topological polar surface area (TPSA) is 168 Å². The smallest absolute Gasteiger partial charge is 0.286 e. The Morgan fingerprint density at radius 2 is 1.93 bits per heavy atom. The van der Waals surface area contributed by atoms with E-state index in [9.17, 15) is 23.4 Å². The van der Waals surface area contributed by atoms with Gasteiger partial charge in [0.25, 0.3) is 5.91 Å². The molecule has 2 aliphatic rings. The minimum absolute atomic E-state index is 0.0355. The van der Waals surface area contributed by atoms with E-state index in [0.29, 0.717) is 28.1 Å². The van der Waals surface area contributed by atoms with Gasteiger partial charge in [-0.05, 0) is 66.1 Å². The molecule has 1 saturated heterocycles. The van der Waals surface area contributed by atoms with Crippen LogP contribution < -0.4 is 25.6 Å². The molecule has 0 aromatic heterocycles. The van der Waals surface area contributed by atoms with Crippen LogP contribution in [0.25, 0.3) is 6.08 Å². The number of aliphatic hydroxyl groups is 1. The maximum atomic E-state index is 12.3. The van der Waals surface area contributed by atoms with E-state index in [1.807, 2.05) is 30.3 Å². The van der Waals surface area contributed by atoms with E-state index in [4.69, 9.17) is 0 Å². The summed E-state index contributed by atoms with van der Waals surface area (Å²) < 4.78 is 25.3. The molecule has 2 aromatic rings. The number of aromatic hydroxyl groups is 1. The van der Waals surface area contributed by atoms with Crippen molar-refractivity contribution in [2.24, 2.45) is 9.98 Å². The molecule has 14 heteroatoms. The molecule has 6 N–H and O–H groups in total. The van der Waals surface area contributed by atoms with Crippen molar-refractivity contribution in [3.8, 4) is 5.75 Å². The second-order valence-corrected chi connectivity index (χ2v) is 12.5. The van der Waals surface area contributed by atoms with Crippen LogP contribution in [-0.4, -0.2) is 81.7 Å². The average molecular weight is 602 g/mol. The quantitative estimate of drug-likeness (QED) is 0.114. The summed E-state index contributed by atoms with van der Waals surface area (Å²) in [4.78, 5) is 23.2. The number of anilines is 2. The standard InChI is InChI=1S/C27H35N7O5S2/c1-28-26(29-2)32-27-31-25(37)24(40-27)14-17-4-7-20(8-5-17)34-12-10-19(11-13-34)30-16-23(36)18-6-9-22(35)21(15-18)33-41(3,38)39/h4-9,14-15,19,23,30,33,35-36H,10-13,16H2,1-3H3,(H2,28,29,31,32,37). The Morgan fingerprint density at radius 3 is 2.56 bits per heavy atom. The Morgan fingerprint density at radius 1 is 1.22 bits per heavy atom. The molecule has 2 aliphatic heterocycles. The van der Waals surface area contributed by atoms with E-state index in [0.717, 1.165) is 43.4 Å². The second kappa shape index (κ2) is 13.4. The average Bonchev–Trinajstić information content (AvgIpc) is 3.29. The number of aliphatic hydroxyl groups excluding tert-OH is 1. The van der Waals surface area contributed by atoms with Crippen LogP contribution >= 0.6 is 11.8 Å². The first-order valence-corrected chi connectivity index (χ1v) is 15.8. The molecule has 220 valence electrons. The molecule has 1 fully saturated rings. The predicted octanol–water partition coefficient (Wildman–Crippen LogP) is 1.82. The summed E-state index contributed by atoms with van der Waals surface area (Å²) in [7, 11) is -0.184. The third-order valence-electron chi connectivity index (χ3n) is 6.66. The molecular weight excluding hydrogens is 566 g/mol. The molecule has 41 heavy (non-hydrogen) atoms. The number of rotatable bonds is 8. The van der Waals surface area contributed by atoms with Gasteiger partial charge >= 0.3 is 0 Å². The van der Waals surface area contributed by atoms with Crippen LogP contribution in [0.1, 0.15) is 30.1 Å². The minimum atomic E-state index is -3.56. The maximum Gasteiger partial charge on any atom is 0.286 e. The highest BCUT2D eigenvalue weighted by Gasteiger charge is 2.23. The summed E-state index contributed by atoms with van der Waals surface area (Å²) in [6.45, 7) is 2.00. The number of nitrogens with zero attached hydrogens (tertiary/aromatic N) is 3. The van der Waals surface area contributed by atoms with E-state index in [-0.39, 0.29) is 23.4 Å². The lowest BCUT2D eigenvalue weighted by Gasteiger charge is -2.34. The highest BCUT2D eigenvalue weighted by Crippen LogP contribution is 2.30. The lowest BCUT2D eigenvalue weighted by molar-refractivity contribution is -0.113. The zero-order valence-electron chi connectivity index (χ0n) is 23.1. The van der Waals surface area contributed by atoms with Gasteiger partial charge in [-0.25, -0.2) is 8.42 Å². The van der Waals surface area contributed by atoms with Crippen LogP contribution in [0.2, 0.25) is 0 Å². The summed E-state index contributed by atoms with van der Waals surface area (Å²) in [5, 5.41) is 30.3. The molecule has 0 bridgehead atoms. The third kappa shape index (κ3) is 8.45. The molecule has 0 radical (unpaired) electrons. The van der Waals surface area contributed by atoms with Gasteiger partial charge < -0.3 is 31.1 Å². The molecule has 0 spiro atoms. The Kier molecular flexibility index (Phi) is 9.91. The number of amides is 1. The van der Waals surface area contributed by atoms with Gasteiger partial charge in [-0.1, -0.05) is 18.2 Å². The number of phenols is 1. The largest absolute Gasteiger partial charge is 0.506 e. The van der Waals surface area contributed by atoms with Gasteiger partial charge in [-0.2, -0.15) is 4.99 Å². The zero-order chi connectivity index (χ0) is 29.6. The Bertz CT molecular complexity index is 1450. The van der Waals surface area contributed by atoms with Crippen LogP contribution in [-0.2, 0) is 14.8 Å². The van der Waals surface area contributed by atoms with Crippen molar-refractivity contribution in [2.45, 2.75) is 25.0 Å². The third-order valence-corrected chi connectivity index (χ3v) is 8.15. The summed E-state index contributed by atoms with van der Waals surface area (Å²) in [5.41, 5.74) is 2.55. The molecule has 2 heterocycles. The number of sulfonamides is 1. The normalized spacial score (nSPS) is 18.4. The van der Waals surface area contributed by atoms with Crippen molar-refractivity contribution in [1.29, 1.82) is 0 Å². The van der Waals surface area contributed by atoms with Crippen LogP contribution in [0.3, 0.4) is 0 Å². The van der Waals surface area contributed by atoms with E-state index < -0.39 is 16.1 Å². The molecule has 12 nitrogen and oxygen atoms in total. The highest BCUT2D eigenvalue weighted by molar-refractivity contribution is 8.18. The molecule has 0 saturated carbocycles. The number of hydrogen-bond donors (Lipinski definition) is 6. The first-order chi connectivity index (χ1) is 19.5. The number of piperidine rings is 1. The fourth-order valence-corrected chi connectivity index (χ4v) is 5.88. The fourth-order valence-electron chi connectivity index (χ4n) is 4.51. The van der Waals surface area contributed by atoms with Gasteiger partial charge in [0, 0.05) is 45.5 Å². The summed E-state index contributed by atoms with van der Waals surface area (Å²) in [6.07, 6.45) is 3.75.